The first-order valence-electron chi connectivity index (χ1n) is 3.90. The fraction of sp³-hybridized carbons (Fsp3) is 0.333. The minimum absolute atomic E-state index is 0.764. The van der Waals surface area contributed by atoms with Crippen LogP contribution in [0.5, 0.6) is 0 Å². The van der Waals surface area contributed by atoms with Crippen LogP contribution in [0.1, 0.15) is 6.92 Å². The van der Waals surface area contributed by atoms with E-state index in [1.54, 1.807) is 6.92 Å². The van der Waals surface area contributed by atoms with Gasteiger partial charge in [-0.15, -0.1) is 0 Å². The molecule has 0 spiro atoms. The molecule has 1 atom stereocenters. The summed E-state index contributed by atoms with van der Waals surface area (Å²) in [5.41, 5.74) is 0. The summed E-state index contributed by atoms with van der Waals surface area (Å²) in [6.45, 7) is 4.17. The molecule has 0 aromatic heterocycles. The standard InChI is InChI=1S/C9H12O5/c1-3-5-13-9(12)7(4-2)14-8(11)6-10/h3-5,7,10H,2,6H2,1H3. The molecule has 0 aromatic carbocycles. The van der Waals surface area contributed by atoms with Crippen molar-refractivity contribution < 1.29 is 24.2 Å². The van der Waals surface area contributed by atoms with Crippen molar-refractivity contribution in [3.05, 3.63) is 25.0 Å². The highest BCUT2D eigenvalue weighted by molar-refractivity contribution is 5.81. The van der Waals surface area contributed by atoms with E-state index >= 15 is 0 Å². The second-order valence-corrected chi connectivity index (χ2v) is 2.21. The van der Waals surface area contributed by atoms with Crippen molar-refractivity contribution in [2.45, 2.75) is 13.0 Å². The number of esters is 2. The zero-order valence-electron chi connectivity index (χ0n) is 7.80. The molecule has 5 heteroatoms. The molecule has 1 unspecified atom stereocenters. The Labute approximate surface area is 81.6 Å². The second-order valence-electron chi connectivity index (χ2n) is 2.21. The van der Waals surface area contributed by atoms with Crippen LogP contribution < -0.4 is 0 Å². The van der Waals surface area contributed by atoms with Gasteiger partial charge in [-0.25, -0.2) is 9.59 Å². The number of carbonyl (C=O) groups excluding carboxylic acids is 2. The van der Waals surface area contributed by atoms with Gasteiger partial charge in [0.15, 0.2) is 0 Å². The minimum atomic E-state index is -1.19. The van der Waals surface area contributed by atoms with Gasteiger partial charge in [0.1, 0.15) is 6.61 Å². The van der Waals surface area contributed by atoms with E-state index in [9.17, 15) is 9.59 Å². The molecule has 78 valence electrons. The molecule has 0 fully saturated rings. The first-order chi connectivity index (χ1) is 6.65. The van der Waals surface area contributed by atoms with Crippen LogP contribution in [0, 0.1) is 0 Å². The quantitative estimate of drug-likeness (QED) is 0.388. The predicted octanol–water partition coefficient (Wildman–Crippen LogP) is 0.153. The molecule has 0 radical (unpaired) electrons. The van der Waals surface area contributed by atoms with Crippen molar-refractivity contribution in [1.29, 1.82) is 0 Å². The molecular weight excluding hydrogens is 188 g/mol. The average Bonchev–Trinajstić information content (AvgIpc) is 2.21. The van der Waals surface area contributed by atoms with E-state index in [0.29, 0.717) is 0 Å². The van der Waals surface area contributed by atoms with Crippen molar-refractivity contribution >= 4 is 11.9 Å². The Hall–Kier alpha value is -1.62. The van der Waals surface area contributed by atoms with Crippen molar-refractivity contribution in [3.63, 3.8) is 0 Å². The minimum Gasteiger partial charge on any atom is -0.444 e. The van der Waals surface area contributed by atoms with Crippen molar-refractivity contribution in [2.24, 2.45) is 0 Å². The van der Waals surface area contributed by atoms with Crippen molar-refractivity contribution in [3.8, 4) is 0 Å². The number of hydrogen-bond acceptors (Lipinski definition) is 5. The third-order valence-corrected chi connectivity index (χ3v) is 1.15. The summed E-state index contributed by atoms with van der Waals surface area (Å²) in [4.78, 5) is 21.7. The molecule has 0 aliphatic heterocycles. The lowest BCUT2D eigenvalue weighted by Gasteiger charge is -2.10. The monoisotopic (exact) mass is 200 g/mol. The van der Waals surface area contributed by atoms with Gasteiger partial charge in [-0.05, 0) is 13.0 Å². The summed E-state index contributed by atoms with van der Waals surface area (Å²) >= 11 is 0. The summed E-state index contributed by atoms with van der Waals surface area (Å²) in [5.74, 6) is -1.67. The van der Waals surface area contributed by atoms with Gasteiger partial charge in [0, 0.05) is 0 Å². The number of rotatable bonds is 5. The number of carbonyl (C=O) groups is 2. The predicted molar refractivity (Wildman–Crippen MR) is 48.1 cm³/mol. The van der Waals surface area contributed by atoms with Crippen LogP contribution in [-0.2, 0) is 19.1 Å². The highest BCUT2D eigenvalue weighted by Crippen LogP contribution is 1.98. The normalized spacial score (nSPS) is 12.1. The van der Waals surface area contributed by atoms with E-state index in [1.165, 1.54) is 6.08 Å². The van der Waals surface area contributed by atoms with Crippen LogP contribution in [0.25, 0.3) is 0 Å². The highest BCUT2D eigenvalue weighted by atomic mass is 16.6. The summed E-state index contributed by atoms with van der Waals surface area (Å²) in [7, 11) is 0. The molecule has 0 saturated heterocycles. The van der Waals surface area contributed by atoms with Gasteiger partial charge in [-0.3, -0.25) is 0 Å². The van der Waals surface area contributed by atoms with Crippen LogP contribution in [0.15, 0.2) is 25.0 Å². The molecule has 5 nitrogen and oxygen atoms in total. The highest BCUT2D eigenvalue weighted by Gasteiger charge is 2.19. The zero-order valence-corrected chi connectivity index (χ0v) is 7.80. The lowest BCUT2D eigenvalue weighted by molar-refractivity contribution is -0.162. The van der Waals surface area contributed by atoms with Gasteiger partial charge in [-0.1, -0.05) is 12.7 Å². The van der Waals surface area contributed by atoms with Crippen LogP contribution in [-0.4, -0.2) is 29.8 Å². The van der Waals surface area contributed by atoms with Crippen LogP contribution >= 0.6 is 0 Å². The fourth-order valence-corrected chi connectivity index (χ4v) is 0.573. The van der Waals surface area contributed by atoms with Crippen LogP contribution in [0.2, 0.25) is 0 Å². The smallest absolute Gasteiger partial charge is 0.356 e. The molecule has 0 aliphatic carbocycles. The topological polar surface area (TPSA) is 72.8 Å². The van der Waals surface area contributed by atoms with E-state index in [2.05, 4.69) is 16.1 Å². The van der Waals surface area contributed by atoms with Crippen molar-refractivity contribution in [2.75, 3.05) is 6.61 Å². The molecule has 0 aromatic rings. The van der Waals surface area contributed by atoms with E-state index in [4.69, 9.17) is 5.11 Å². The fourth-order valence-electron chi connectivity index (χ4n) is 0.573. The molecule has 0 saturated carbocycles. The number of allylic oxidation sites excluding steroid dienone is 1. The van der Waals surface area contributed by atoms with E-state index in [1.807, 2.05) is 0 Å². The molecule has 0 heterocycles. The largest absolute Gasteiger partial charge is 0.444 e. The summed E-state index contributed by atoms with van der Waals surface area (Å²) < 4.78 is 9.03. The first kappa shape index (κ1) is 12.4. The van der Waals surface area contributed by atoms with Gasteiger partial charge in [0.05, 0.1) is 6.26 Å². The maximum atomic E-state index is 11.1. The molecule has 1 N–H and O–H groups in total. The molecule has 0 rings (SSSR count). The van der Waals surface area contributed by atoms with Gasteiger partial charge in [0.2, 0.25) is 6.10 Å². The van der Waals surface area contributed by atoms with Gasteiger partial charge < -0.3 is 14.6 Å². The SMILES string of the molecule is C=CC(OC(=O)CO)C(=O)OC=CC. The number of aliphatic hydroxyl groups is 1. The number of ether oxygens (including phenoxy) is 2. The lowest BCUT2D eigenvalue weighted by Crippen LogP contribution is -2.27. The number of hydrogen-bond donors (Lipinski definition) is 1. The molecule has 0 aliphatic rings. The van der Waals surface area contributed by atoms with Gasteiger partial charge in [0.25, 0.3) is 0 Å². The third-order valence-electron chi connectivity index (χ3n) is 1.15. The Bertz CT molecular complexity index is 244. The molecule has 0 amide bonds. The van der Waals surface area contributed by atoms with Gasteiger partial charge >= 0.3 is 11.9 Å². The average molecular weight is 200 g/mol. The Morgan fingerprint density at radius 2 is 2.21 bits per heavy atom. The van der Waals surface area contributed by atoms with E-state index in [0.717, 1.165) is 12.3 Å². The zero-order chi connectivity index (χ0) is 11.0. The van der Waals surface area contributed by atoms with Gasteiger partial charge in [-0.2, -0.15) is 0 Å². The Kier molecular flexibility index (Phi) is 6.06. The summed E-state index contributed by atoms with van der Waals surface area (Å²) in [5, 5.41) is 8.36. The van der Waals surface area contributed by atoms with Crippen LogP contribution in [0.4, 0.5) is 0 Å². The summed E-state index contributed by atoms with van der Waals surface area (Å²) in [6.07, 6.45) is 2.59. The Balaban J connectivity index is 4.18. The molecular formula is C9H12O5. The van der Waals surface area contributed by atoms with E-state index < -0.39 is 24.6 Å². The number of aliphatic hydroxyl groups excluding tert-OH is 1. The summed E-state index contributed by atoms with van der Waals surface area (Å²) in [6, 6.07) is 0. The third kappa shape index (κ3) is 4.42. The second kappa shape index (κ2) is 6.85. The van der Waals surface area contributed by atoms with Crippen molar-refractivity contribution in [1.82, 2.24) is 0 Å². The Morgan fingerprint density at radius 1 is 1.57 bits per heavy atom. The lowest BCUT2D eigenvalue weighted by atomic mass is 10.3. The Morgan fingerprint density at radius 3 is 2.64 bits per heavy atom. The van der Waals surface area contributed by atoms with E-state index in [-0.39, 0.29) is 0 Å². The molecule has 14 heavy (non-hydrogen) atoms. The molecule has 0 bridgehead atoms. The first-order valence-corrected chi connectivity index (χ1v) is 3.90. The maximum absolute atomic E-state index is 11.1. The van der Waals surface area contributed by atoms with Crippen LogP contribution in [0.3, 0.4) is 0 Å². The maximum Gasteiger partial charge on any atom is 0.356 e.